The molecule has 0 aromatic carbocycles. The molecule has 1 atom stereocenters. The minimum Gasteiger partial charge on any atom is -0.447 e. The molecule has 0 saturated carbocycles. The van der Waals surface area contributed by atoms with Crippen LogP contribution in [0.3, 0.4) is 0 Å². The number of rotatable bonds is 8. The molecule has 0 aliphatic heterocycles. The highest BCUT2D eigenvalue weighted by molar-refractivity contribution is 7.99. The molecule has 2 N–H and O–H groups in total. The highest BCUT2D eigenvalue weighted by atomic mass is 32.2. The van der Waals surface area contributed by atoms with Crippen LogP contribution >= 0.6 is 11.8 Å². The maximum Gasteiger partial charge on any atom is 0.273 e. The van der Waals surface area contributed by atoms with Crippen LogP contribution in [-0.4, -0.2) is 33.0 Å². The molecular formula is C11H20N2O3S2. The van der Waals surface area contributed by atoms with E-state index < -0.39 is 10.0 Å². The second kappa shape index (κ2) is 7.18. The van der Waals surface area contributed by atoms with Crippen molar-refractivity contribution in [1.29, 1.82) is 0 Å². The fourth-order valence-electron chi connectivity index (χ4n) is 1.23. The molecule has 1 aromatic rings. The van der Waals surface area contributed by atoms with Crippen LogP contribution in [0.1, 0.15) is 19.6 Å². The molecule has 0 radical (unpaired) electrons. The molecule has 1 heterocycles. The smallest absolute Gasteiger partial charge is 0.273 e. The first-order chi connectivity index (χ1) is 8.49. The predicted molar refractivity (Wildman–Crippen MR) is 74.3 cm³/mol. The van der Waals surface area contributed by atoms with Gasteiger partial charge in [-0.1, -0.05) is 13.8 Å². The van der Waals surface area contributed by atoms with Gasteiger partial charge in [0, 0.05) is 11.8 Å². The van der Waals surface area contributed by atoms with Gasteiger partial charge in [-0.2, -0.15) is 11.8 Å². The maximum atomic E-state index is 11.9. The van der Waals surface area contributed by atoms with Crippen molar-refractivity contribution in [3.05, 3.63) is 17.9 Å². The molecule has 18 heavy (non-hydrogen) atoms. The standard InChI is InChI=1S/C11H20N2O3S2/c1-4-12-8-10-5-6-11(16-10)18(14,15)13-7-9(2)17-3/h5-6,9,12-13H,4,7-8H2,1-3H3. The van der Waals surface area contributed by atoms with Crippen LogP contribution in [0.4, 0.5) is 0 Å². The van der Waals surface area contributed by atoms with Gasteiger partial charge in [0.1, 0.15) is 5.76 Å². The summed E-state index contributed by atoms with van der Waals surface area (Å²) in [5.41, 5.74) is 0. The topological polar surface area (TPSA) is 71.3 Å². The van der Waals surface area contributed by atoms with Crippen molar-refractivity contribution >= 4 is 21.8 Å². The van der Waals surface area contributed by atoms with Gasteiger partial charge in [-0.25, -0.2) is 13.1 Å². The number of hydrogen-bond donors (Lipinski definition) is 2. The minimum absolute atomic E-state index is 0.0243. The largest absolute Gasteiger partial charge is 0.447 e. The molecule has 0 aliphatic rings. The summed E-state index contributed by atoms with van der Waals surface area (Å²) in [6, 6.07) is 3.16. The molecule has 104 valence electrons. The van der Waals surface area contributed by atoms with Gasteiger partial charge in [-0.05, 0) is 24.9 Å². The van der Waals surface area contributed by atoms with E-state index in [9.17, 15) is 8.42 Å². The SMILES string of the molecule is CCNCc1ccc(S(=O)(=O)NCC(C)SC)o1. The highest BCUT2D eigenvalue weighted by Gasteiger charge is 2.19. The number of nitrogens with one attached hydrogen (secondary N) is 2. The summed E-state index contributed by atoms with van der Waals surface area (Å²) in [6.07, 6.45) is 1.94. The van der Waals surface area contributed by atoms with Gasteiger partial charge >= 0.3 is 0 Å². The fourth-order valence-corrected chi connectivity index (χ4v) is 2.66. The predicted octanol–water partition coefficient (Wildman–Crippen LogP) is 1.42. The number of sulfonamides is 1. The molecular weight excluding hydrogens is 272 g/mol. The third kappa shape index (κ3) is 4.64. The summed E-state index contributed by atoms with van der Waals surface area (Å²) in [5.74, 6) is 0.620. The van der Waals surface area contributed by atoms with Crippen LogP contribution in [0.5, 0.6) is 0 Å². The van der Waals surface area contributed by atoms with Crippen molar-refractivity contribution in [2.24, 2.45) is 0 Å². The van der Waals surface area contributed by atoms with Gasteiger partial charge in [-0.15, -0.1) is 0 Å². The van der Waals surface area contributed by atoms with Crippen LogP contribution in [0, 0.1) is 0 Å². The van der Waals surface area contributed by atoms with Gasteiger partial charge in [0.05, 0.1) is 6.54 Å². The Balaban J connectivity index is 2.64. The number of furan rings is 1. The highest BCUT2D eigenvalue weighted by Crippen LogP contribution is 2.14. The average Bonchev–Trinajstić information content (AvgIpc) is 2.83. The summed E-state index contributed by atoms with van der Waals surface area (Å²) in [6.45, 7) is 5.68. The van der Waals surface area contributed by atoms with Gasteiger partial charge < -0.3 is 9.73 Å². The van der Waals surface area contributed by atoms with Crippen molar-refractivity contribution in [2.75, 3.05) is 19.3 Å². The van der Waals surface area contributed by atoms with Crippen molar-refractivity contribution in [2.45, 2.75) is 30.7 Å². The van der Waals surface area contributed by atoms with E-state index in [1.807, 2.05) is 20.1 Å². The third-order valence-electron chi connectivity index (χ3n) is 2.41. The van der Waals surface area contributed by atoms with E-state index in [1.54, 1.807) is 17.8 Å². The summed E-state index contributed by atoms with van der Waals surface area (Å²) >= 11 is 1.61. The van der Waals surface area contributed by atoms with Gasteiger partial charge in [0.15, 0.2) is 0 Å². The first-order valence-corrected chi connectivity index (χ1v) is 8.58. The van der Waals surface area contributed by atoms with Crippen molar-refractivity contribution in [3.8, 4) is 0 Å². The second-order valence-corrected chi connectivity index (χ2v) is 6.87. The van der Waals surface area contributed by atoms with Gasteiger partial charge in [0.2, 0.25) is 5.09 Å². The quantitative estimate of drug-likeness (QED) is 0.758. The van der Waals surface area contributed by atoms with Crippen molar-refractivity contribution < 1.29 is 12.8 Å². The van der Waals surface area contributed by atoms with Crippen LogP contribution in [0.15, 0.2) is 21.6 Å². The van der Waals surface area contributed by atoms with E-state index in [0.717, 1.165) is 6.54 Å². The van der Waals surface area contributed by atoms with Crippen LogP contribution < -0.4 is 10.0 Å². The molecule has 0 fully saturated rings. The summed E-state index contributed by atoms with van der Waals surface area (Å²) < 4.78 is 31.6. The number of thioether (sulfide) groups is 1. The van der Waals surface area contributed by atoms with E-state index >= 15 is 0 Å². The van der Waals surface area contributed by atoms with Gasteiger partial charge in [-0.3, -0.25) is 0 Å². The monoisotopic (exact) mass is 292 g/mol. The first-order valence-electron chi connectivity index (χ1n) is 5.81. The molecule has 0 amide bonds. The summed E-state index contributed by atoms with van der Waals surface area (Å²) in [4.78, 5) is 0. The Labute approximate surface area is 113 Å². The van der Waals surface area contributed by atoms with E-state index in [-0.39, 0.29) is 10.3 Å². The Kier molecular flexibility index (Phi) is 6.20. The fraction of sp³-hybridized carbons (Fsp3) is 0.636. The molecule has 0 aliphatic carbocycles. The molecule has 1 rings (SSSR count). The Morgan fingerprint density at radius 2 is 2.17 bits per heavy atom. The minimum atomic E-state index is -3.53. The van der Waals surface area contributed by atoms with Gasteiger partial charge in [0.25, 0.3) is 10.0 Å². The Bertz CT molecular complexity index is 457. The lowest BCUT2D eigenvalue weighted by molar-refractivity contribution is 0.401. The van der Waals surface area contributed by atoms with E-state index in [2.05, 4.69) is 10.0 Å². The molecule has 1 aromatic heterocycles. The Hall–Kier alpha value is -0.500. The van der Waals surface area contributed by atoms with Crippen LogP contribution in [-0.2, 0) is 16.6 Å². The summed E-state index contributed by atoms with van der Waals surface area (Å²) in [5, 5.41) is 3.28. The lowest BCUT2D eigenvalue weighted by Crippen LogP contribution is -2.29. The zero-order chi connectivity index (χ0) is 13.6. The van der Waals surface area contributed by atoms with Crippen LogP contribution in [0.2, 0.25) is 0 Å². The van der Waals surface area contributed by atoms with Crippen LogP contribution in [0.25, 0.3) is 0 Å². The van der Waals surface area contributed by atoms with E-state index in [4.69, 9.17) is 4.42 Å². The molecule has 0 bridgehead atoms. The van der Waals surface area contributed by atoms with E-state index in [0.29, 0.717) is 18.8 Å². The zero-order valence-electron chi connectivity index (χ0n) is 10.9. The Morgan fingerprint density at radius 3 is 2.78 bits per heavy atom. The lowest BCUT2D eigenvalue weighted by Gasteiger charge is -2.08. The van der Waals surface area contributed by atoms with Crippen molar-refractivity contribution in [1.82, 2.24) is 10.0 Å². The Morgan fingerprint density at radius 1 is 1.44 bits per heavy atom. The maximum absolute atomic E-state index is 11.9. The zero-order valence-corrected chi connectivity index (χ0v) is 12.5. The first kappa shape index (κ1) is 15.6. The molecule has 1 unspecified atom stereocenters. The molecule has 7 heteroatoms. The average molecular weight is 292 g/mol. The number of hydrogen-bond acceptors (Lipinski definition) is 5. The molecule has 5 nitrogen and oxygen atoms in total. The van der Waals surface area contributed by atoms with Crippen molar-refractivity contribution in [3.63, 3.8) is 0 Å². The van der Waals surface area contributed by atoms with E-state index in [1.165, 1.54) is 6.07 Å². The second-order valence-electron chi connectivity index (χ2n) is 3.90. The summed E-state index contributed by atoms with van der Waals surface area (Å²) in [7, 11) is -3.53. The third-order valence-corrected chi connectivity index (χ3v) is 4.68. The molecule has 0 spiro atoms. The molecule has 0 saturated heterocycles. The lowest BCUT2D eigenvalue weighted by atomic mass is 10.4. The normalized spacial score (nSPS) is 13.7.